The Morgan fingerprint density at radius 2 is 1.95 bits per heavy atom. The number of carbonyl (C=O) groups is 2. The van der Waals surface area contributed by atoms with Crippen LogP contribution >= 0.6 is 0 Å². The lowest BCUT2D eigenvalue weighted by Crippen LogP contribution is -2.31. The number of hydrogen-bond donors (Lipinski definition) is 0. The third-order valence-corrected chi connectivity index (χ3v) is 3.05. The number of likely N-dealkylation sites (N-methyl/N-ethyl adjacent to an activating group) is 1. The molecule has 0 aliphatic carbocycles. The van der Waals surface area contributed by atoms with Crippen molar-refractivity contribution in [3.63, 3.8) is 0 Å². The van der Waals surface area contributed by atoms with Gasteiger partial charge in [0.05, 0.1) is 20.6 Å². The Morgan fingerprint density at radius 1 is 1.24 bits per heavy atom. The van der Waals surface area contributed by atoms with Gasteiger partial charge in [-0.05, 0) is 19.1 Å². The van der Waals surface area contributed by atoms with E-state index in [0.29, 0.717) is 18.8 Å². The summed E-state index contributed by atoms with van der Waals surface area (Å²) in [7, 11) is 2.92. The Labute approximate surface area is 125 Å². The molecular formula is C16H21NO4. The first-order valence-electron chi connectivity index (χ1n) is 6.79. The largest absolute Gasteiger partial charge is 0.496 e. The highest BCUT2D eigenvalue weighted by Crippen LogP contribution is 2.18. The summed E-state index contributed by atoms with van der Waals surface area (Å²) >= 11 is 0. The fraction of sp³-hybridized carbons (Fsp3) is 0.375. The molecule has 1 aromatic rings. The average molecular weight is 291 g/mol. The molecule has 0 saturated carbocycles. The van der Waals surface area contributed by atoms with E-state index in [2.05, 4.69) is 4.74 Å². The van der Waals surface area contributed by atoms with Gasteiger partial charge in [0.25, 0.3) is 0 Å². The normalized spacial score (nSPS) is 10.4. The van der Waals surface area contributed by atoms with E-state index in [1.165, 1.54) is 13.2 Å². The van der Waals surface area contributed by atoms with Crippen molar-refractivity contribution in [1.29, 1.82) is 0 Å². The highest BCUT2D eigenvalue weighted by molar-refractivity contribution is 5.92. The smallest absolute Gasteiger partial charge is 0.307 e. The third kappa shape index (κ3) is 5.30. The van der Waals surface area contributed by atoms with Crippen molar-refractivity contribution < 1.29 is 19.1 Å². The molecule has 1 rings (SSSR count). The number of carbonyl (C=O) groups excluding carboxylic acids is 2. The first kappa shape index (κ1) is 16.8. The van der Waals surface area contributed by atoms with Crippen LogP contribution in [0.4, 0.5) is 0 Å². The molecule has 0 atom stereocenters. The second-order valence-electron chi connectivity index (χ2n) is 4.32. The Morgan fingerprint density at radius 3 is 2.57 bits per heavy atom. The van der Waals surface area contributed by atoms with Gasteiger partial charge >= 0.3 is 5.97 Å². The number of ether oxygens (including phenoxy) is 2. The van der Waals surface area contributed by atoms with E-state index in [1.54, 1.807) is 18.1 Å². The maximum atomic E-state index is 12.1. The Kier molecular flexibility index (Phi) is 7.01. The summed E-state index contributed by atoms with van der Waals surface area (Å²) < 4.78 is 9.79. The second-order valence-corrected chi connectivity index (χ2v) is 4.32. The zero-order chi connectivity index (χ0) is 15.7. The van der Waals surface area contributed by atoms with Gasteiger partial charge in [-0.2, -0.15) is 0 Å². The highest BCUT2D eigenvalue weighted by Gasteiger charge is 2.11. The standard InChI is InChI=1S/C16H21NO4/c1-4-17(12-11-16(19)21-3)15(18)10-9-13-7-5-6-8-14(13)20-2/h5-10H,4,11-12H2,1-3H3. The molecular weight excluding hydrogens is 270 g/mol. The molecule has 21 heavy (non-hydrogen) atoms. The van der Waals surface area contributed by atoms with Gasteiger partial charge in [0.2, 0.25) is 5.91 Å². The van der Waals surface area contributed by atoms with Crippen molar-refractivity contribution in [2.75, 3.05) is 27.3 Å². The minimum atomic E-state index is -0.324. The molecule has 114 valence electrons. The number of nitrogens with zero attached hydrogens (tertiary/aromatic N) is 1. The van der Waals surface area contributed by atoms with Crippen LogP contribution in [0.25, 0.3) is 6.08 Å². The molecule has 0 saturated heterocycles. The molecule has 0 unspecified atom stereocenters. The zero-order valence-corrected chi connectivity index (χ0v) is 12.7. The number of esters is 1. The van der Waals surface area contributed by atoms with Gasteiger partial charge in [-0.3, -0.25) is 9.59 Å². The number of amides is 1. The summed E-state index contributed by atoms with van der Waals surface area (Å²) in [5.74, 6) is 0.237. The SMILES string of the molecule is CCN(CCC(=O)OC)C(=O)C=Cc1ccccc1OC. The van der Waals surface area contributed by atoms with Gasteiger partial charge in [0.1, 0.15) is 5.75 Å². The third-order valence-electron chi connectivity index (χ3n) is 3.05. The van der Waals surface area contributed by atoms with Crippen molar-refractivity contribution in [3.05, 3.63) is 35.9 Å². The molecule has 0 aromatic heterocycles. The first-order chi connectivity index (χ1) is 10.1. The van der Waals surface area contributed by atoms with Crippen LogP contribution in [0, 0.1) is 0 Å². The summed E-state index contributed by atoms with van der Waals surface area (Å²) in [4.78, 5) is 24.8. The van der Waals surface area contributed by atoms with Crippen LogP contribution in [0.2, 0.25) is 0 Å². The molecule has 0 aliphatic rings. The summed E-state index contributed by atoms with van der Waals surface area (Å²) in [6.45, 7) is 2.75. The van der Waals surface area contributed by atoms with Gasteiger partial charge in [-0.15, -0.1) is 0 Å². The lowest BCUT2D eigenvalue weighted by Gasteiger charge is -2.18. The fourth-order valence-electron chi connectivity index (χ4n) is 1.82. The Bertz CT molecular complexity index is 511. The molecule has 0 bridgehead atoms. The van der Waals surface area contributed by atoms with Gasteiger partial charge < -0.3 is 14.4 Å². The Balaban J connectivity index is 2.68. The van der Waals surface area contributed by atoms with Crippen LogP contribution < -0.4 is 4.74 Å². The molecule has 5 nitrogen and oxygen atoms in total. The van der Waals surface area contributed by atoms with Crippen LogP contribution in [0.3, 0.4) is 0 Å². The maximum absolute atomic E-state index is 12.1. The van der Waals surface area contributed by atoms with E-state index >= 15 is 0 Å². The number of hydrogen-bond acceptors (Lipinski definition) is 4. The number of methoxy groups -OCH3 is 2. The highest BCUT2D eigenvalue weighted by atomic mass is 16.5. The molecule has 0 N–H and O–H groups in total. The predicted octanol–water partition coefficient (Wildman–Crippen LogP) is 2.12. The molecule has 1 aromatic carbocycles. The monoisotopic (exact) mass is 291 g/mol. The van der Waals surface area contributed by atoms with Crippen molar-refractivity contribution in [2.45, 2.75) is 13.3 Å². The van der Waals surface area contributed by atoms with Crippen molar-refractivity contribution in [1.82, 2.24) is 4.90 Å². The predicted molar refractivity (Wildman–Crippen MR) is 80.9 cm³/mol. The molecule has 0 fully saturated rings. The molecule has 0 radical (unpaired) electrons. The van der Waals surface area contributed by atoms with E-state index in [9.17, 15) is 9.59 Å². The second kappa shape index (κ2) is 8.79. The van der Waals surface area contributed by atoms with E-state index in [4.69, 9.17) is 4.74 Å². The van der Waals surface area contributed by atoms with Crippen LogP contribution in [0.15, 0.2) is 30.3 Å². The summed E-state index contributed by atoms with van der Waals surface area (Å²) in [5, 5.41) is 0. The van der Waals surface area contributed by atoms with Crippen molar-refractivity contribution >= 4 is 18.0 Å². The minimum absolute atomic E-state index is 0.146. The number of rotatable bonds is 7. The molecule has 0 spiro atoms. The lowest BCUT2D eigenvalue weighted by molar-refractivity contribution is -0.141. The van der Waals surface area contributed by atoms with Gasteiger partial charge in [0, 0.05) is 24.7 Å². The fourth-order valence-corrected chi connectivity index (χ4v) is 1.82. The molecule has 1 amide bonds. The quantitative estimate of drug-likeness (QED) is 0.570. The molecule has 0 heterocycles. The summed E-state index contributed by atoms with van der Waals surface area (Å²) in [6, 6.07) is 7.44. The van der Waals surface area contributed by atoms with E-state index in [-0.39, 0.29) is 18.3 Å². The van der Waals surface area contributed by atoms with Crippen LogP contribution in [-0.2, 0) is 14.3 Å². The average Bonchev–Trinajstić information content (AvgIpc) is 2.53. The summed E-state index contributed by atoms with van der Waals surface area (Å²) in [6.07, 6.45) is 3.39. The van der Waals surface area contributed by atoms with Gasteiger partial charge in [-0.1, -0.05) is 18.2 Å². The first-order valence-corrected chi connectivity index (χ1v) is 6.79. The van der Waals surface area contributed by atoms with E-state index < -0.39 is 0 Å². The number of benzene rings is 1. The minimum Gasteiger partial charge on any atom is -0.496 e. The molecule has 0 aliphatic heterocycles. The van der Waals surface area contributed by atoms with Crippen molar-refractivity contribution in [2.24, 2.45) is 0 Å². The molecule has 5 heteroatoms. The zero-order valence-electron chi connectivity index (χ0n) is 12.7. The van der Waals surface area contributed by atoms with Crippen LogP contribution in [-0.4, -0.2) is 44.1 Å². The van der Waals surface area contributed by atoms with Crippen LogP contribution in [0.1, 0.15) is 18.9 Å². The number of para-hydroxylation sites is 1. The summed E-state index contributed by atoms with van der Waals surface area (Å²) in [5.41, 5.74) is 0.831. The van der Waals surface area contributed by atoms with E-state index in [0.717, 1.165) is 5.56 Å². The van der Waals surface area contributed by atoms with Crippen molar-refractivity contribution in [3.8, 4) is 5.75 Å². The van der Waals surface area contributed by atoms with Gasteiger partial charge in [0.15, 0.2) is 0 Å². The topological polar surface area (TPSA) is 55.8 Å². The van der Waals surface area contributed by atoms with Crippen LogP contribution in [0.5, 0.6) is 5.75 Å². The van der Waals surface area contributed by atoms with Gasteiger partial charge in [-0.25, -0.2) is 0 Å². The van der Waals surface area contributed by atoms with E-state index in [1.807, 2.05) is 31.2 Å². The lowest BCUT2D eigenvalue weighted by atomic mass is 10.2. The Hall–Kier alpha value is -2.30. The maximum Gasteiger partial charge on any atom is 0.307 e.